The smallest absolute Gasteiger partial charge is 0.258 e. The van der Waals surface area contributed by atoms with E-state index < -0.39 is 11.7 Å². The van der Waals surface area contributed by atoms with Gasteiger partial charge < -0.3 is 10.1 Å². The molecule has 144 valence electrons. The van der Waals surface area contributed by atoms with E-state index in [2.05, 4.69) is 22.2 Å². The minimum atomic E-state index is -0.513. The minimum Gasteiger partial charge on any atom is -0.497 e. The van der Waals surface area contributed by atoms with E-state index >= 15 is 0 Å². The van der Waals surface area contributed by atoms with E-state index in [1.165, 1.54) is 11.8 Å². The Kier molecular flexibility index (Phi) is 5.99. The van der Waals surface area contributed by atoms with E-state index in [9.17, 15) is 9.18 Å². The molecule has 3 aromatic rings. The zero-order valence-corrected chi connectivity index (χ0v) is 16.1. The summed E-state index contributed by atoms with van der Waals surface area (Å²) in [5, 5.41) is 2.69. The highest BCUT2D eigenvalue weighted by molar-refractivity contribution is 6.04. The maximum absolute atomic E-state index is 13.6. The summed E-state index contributed by atoms with van der Waals surface area (Å²) in [7, 11) is 1.64. The van der Waals surface area contributed by atoms with Crippen molar-refractivity contribution in [1.82, 2.24) is 9.97 Å². The number of ether oxygens (including phenoxy) is 1. The molecule has 5 nitrogen and oxygen atoms in total. The number of nitrogens with one attached hydrogen (secondary N) is 1. The van der Waals surface area contributed by atoms with Crippen LogP contribution in [0.15, 0.2) is 55.0 Å². The summed E-state index contributed by atoms with van der Waals surface area (Å²) in [6.45, 7) is 3.66. The quantitative estimate of drug-likeness (QED) is 0.673. The Morgan fingerprint density at radius 1 is 1.11 bits per heavy atom. The third-order valence-electron chi connectivity index (χ3n) is 4.76. The van der Waals surface area contributed by atoms with E-state index in [4.69, 9.17) is 4.74 Å². The predicted octanol–water partition coefficient (Wildman–Crippen LogP) is 4.73. The van der Waals surface area contributed by atoms with Gasteiger partial charge in [-0.2, -0.15) is 0 Å². The normalized spacial score (nSPS) is 11.7. The van der Waals surface area contributed by atoms with Crippen LogP contribution in [0.3, 0.4) is 0 Å². The van der Waals surface area contributed by atoms with Crippen LogP contribution in [0.4, 0.5) is 10.2 Å². The Bertz CT molecular complexity index is 957. The van der Waals surface area contributed by atoms with Gasteiger partial charge in [0.25, 0.3) is 5.91 Å². The molecule has 0 bridgehead atoms. The Morgan fingerprint density at radius 2 is 1.82 bits per heavy atom. The Hall–Kier alpha value is -3.28. The molecule has 2 heterocycles. The molecule has 28 heavy (non-hydrogen) atoms. The number of aromatic nitrogens is 2. The molecule has 3 rings (SSSR count). The Labute approximate surface area is 163 Å². The summed E-state index contributed by atoms with van der Waals surface area (Å²) in [5.41, 5.74) is 2.67. The van der Waals surface area contributed by atoms with Crippen LogP contribution in [0.2, 0.25) is 0 Å². The van der Waals surface area contributed by atoms with Gasteiger partial charge in [-0.05, 0) is 42.7 Å². The van der Waals surface area contributed by atoms with Gasteiger partial charge in [-0.1, -0.05) is 25.1 Å². The van der Waals surface area contributed by atoms with Crippen LogP contribution >= 0.6 is 0 Å². The van der Waals surface area contributed by atoms with Crippen molar-refractivity contribution in [3.05, 3.63) is 83.1 Å². The number of pyridine rings is 2. The lowest BCUT2D eigenvalue weighted by Gasteiger charge is -2.16. The van der Waals surface area contributed by atoms with Gasteiger partial charge in [0, 0.05) is 23.9 Å². The van der Waals surface area contributed by atoms with E-state index in [-0.39, 0.29) is 17.0 Å². The van der Waals surface area contributed by atoms with Gasteiger partial charge in [-0.15, -0.1) is 0 Å². The highest BCUT2D eigenvalue weighted by atomic mass is 19.1. The average Bonchev–Trinajstić information content (AvgIpc) is 2.72. The van der Waals surface area contributed by atoms with Crippen molar-refractivity contribution >= 4 is 11.7 Å². The molecule has 0 radical (unpaired) electrons. The van der Waals surface area contributed by atoms with Crippen molar-refractivity contribution < 1.29 is 13.9 Å². The molecule has 1 aromatic carbocycles. The summed E-state index contributed by atoms with van der Waals surface area (Å²) in [4.78, 5) is 20.5. The highest BCUT2D eigenvalue weighted by Gasteiger charge is 2.15. The monoisotopic (exact) mass is 379 g/mol. The van der Waals surface area contributed by atoms with Crippen molar-refractivity contribution in [2.24, 2.45) is 0 Å². The van der Waals surface area contributed by atoms with Crippen molar-refractivity contribution in [2.45, 2.75) is 26.2 Å². The van der Waals surface area contributed by atoms with Crippen LogP contribution in [0.25, 0.3) is 0 Å². The van der Waals surface area contributed by atoms with E-state index in [0.717, 1.165) is 23.9 Å². The molecule has 0 aliphatic rings. The number of rotatable bonds is 6. The van der Waals surface area contributed by atoms with Gasteiger partial charge >= 0.3 is 0 Å². The van der Waals surface area contributed by atoms with Crippen molar-refractivity contribution in [3.8, 4) is 5.75 Å². The molecule has 0 spiro atoms. The standard InChI is InChI=1S/C22H22FN3O2/c1-4-18(15-5-8-17(28-3)9-6-15)16-7-10-21(25-11-16)26-22(27)19-12-24-13-20(23)14(19)2/h5-13,18H,4H2,1-3H3,(H,25,26,27). The summed E-state index contributed by atoms with van der Waals surface area (Å²) in [6, 6.07) is 11.7. The number of carbonyl (C=O) groups is 1. The van der Waals surface area contributed by atoms with E-state index in [0.29, 0.717) is 5.82 Å². The van der Waals surface area contributed by atoms with Crippen LogP contribution in [0, 0.1) is 12.7 Å². The molecule has 6 heteroatoms. The maximum Gasteiger partial charge on any atom is 0.258 e. The number of methoxy groups -OCH3 is 1. The molecule has 0 saturated carbocycles. The molecule has 1 unspecified atom stereocenters. The number of anilines is 1. The minimum absolute atomic E-state index is 0.190. The van der Waals surface area contributed by atoms with Gasteiger partial charge in [0.1, 0.15) is 17.4 Å². The van der Waals surface area contributed by atoms with Crippen LogP contribution in [0.1, 0.15) is 46.3 Å². The molecule has 1 amide bonds. The van der Waals surface area contributed by atoms with Crippen molar-refractivity contribution in [1.29, 1.82) is 0 Å². The van der Waals surface area contributed by atoms with E-state index in [1.807, 2.05) is 30.3 Å². The zero-order valence-electron chi connectivity index (χ0n) is 16.1. The molecule has 0 aliphatic carbocycles. The molecular formula is C22H22FN3O2. The van der Waals surface area contributed by atoms with Gasteiger partial charge in [0.15, 0.2) is 0 Å². The molecule has 1 atom stereocenters. The van der Waals surface area contributed by atoms with Gasteiger partial charge in [-0.25, -0.2) is 9.37 Å². The number of benzene rings is 1. The fourth-order valence-corrected chi connectivity index (χ4v) is 3.10. The summed E-state index contributed by atoms with van der Waals surface area (Å²) in [6.07, 6.45) is 5.10. The molecule has 0 aliphatic heterocycles. The fraction of sp³-hybridized carbons (Fsp3) is 0.227. The third-order valence-corrected chi connectivity index (χ3v) is 4.76. The summed E-state index contributed by atoms with van der Waals surface area (Å²) in [5.74, 6) is 0.463. The van der Waals surface area contributed by atoms with Crippen molar-refractivity contribution in [3.63, 3.8) is 0 Å². The lowest BCUT2D eigenvalue weighted by molar-refractivity contribution is 0.102. The second-order valence-corrected chi connectivity index (χ2v) is 6.46. The SMILES string of the molecule is CCC(c1ccc(OC)cc1)c1ccc(NC(=O)c2cncc(F)c2C)nc1. The first kappa shape index (κ1) is 19.5. The number of hydrogen-bond acceptors (Lipinski definition) is 4. The number of carbonyl (C=O) groups excluding carboxylic acids is 1. The average molecular weight is 379 g/mol. The van der Waals surface area contributed by atoms with Gasteiger partial charge in [0.2, 0.25) is 0 Å². The molecule has 0 saturated heterocycles. The van der Waals surface area contributed by atoms with Crippen molar-refractivity contribution in [2.75, 3.05) is 12.4 Å². The second-order valence-electron chi connectivity index (χ2n) is 6.46. The largest absolute Gasteiger partial charge is 0.497 e. The third kappa shape index (κ3) is 4.17. The van der Waals surface area contributed by atoms with Crippen LogP contribution in [-0.4, -0.2) is 23.0 Å². The lowest BCUT2D eigenvalue weighted by atomic mass is 9.90. The number of nitrogens with zero attached hydrogens (tertiary/aromatic N) is 2. The highest BCUT2D eigenvalue weighted by Crippen LogP contribution is 2.29. The van der Waals surface area contributed by atoms with Crippen LogP contribution < -0.4 is 10.1 Å². The molecular weight excluding hydrogens is 357 g/mol. The first-order valence-corrected chi connectivity index (χ1v) is 9.04. The van der Waals surface area contributed by atoms with E-state index in [1.54, 1.807) is 26.3 Å². The first-order chi connectivity index (χ1) is 13.5. The van der Waals surface area contributed by atoms with Crippen LogP contribution in [-0.2, 0) is 0 Å². The maximum atomic E-state index is 13.6. The van der Waals surface area contributed by atoms with Gasteiger partial charge in [0.05, 0.1) is 18.9 Å². The topological polar surface area (TPSA) is 64.1 Å². The fourth-order valence-electron chi connectivity index (χ4n) is 3.10. The number of amides is 1. The zero-order chi connectivity index (χ0) is 20.1. The Morgan fingerprint density at radius 3 is 2.43 bits per heavy atom. The van der Waals surface area contributed by atoms with Gasteiger partial charge in [-0.3, -0.25) is 9.78 Å². The summed E-state index contributed by atoms with van der Waals surface area (Å²) >= 11 is 0. The Balaban J connectivity index is 1.76. The number of halogens is 1. The molecule has 0 fully saturated rings. The predicted molar refractivity (Wildman–Crippen MR) is 106 cm³/mol. The lowest BCUT2D eigenvalue weighted by Crippen LogP contribution is -2.15. The second kappa shape index (κ2) is 8.61. The first-order valence-electron chi connectivity index (χ1n) is 9.04. The molecule has 1 N–H and O–H groups in total. The van der Waals surface area contributed by atoms with Crippen LogP contribution in [0.5, 0.6) is 5.75 Å². The number of hydrogen-bond donors (Lipinski definition) is 1. The molecule has 2 aromatic heterocycles. The summed E-state index contributed by atoms with van der Waals surface area (Å²) < 4.78 is 18.8.